The zero-order chi connectivity index (χ0) is 15.0. The molecule has 1 saturated carbocycles. The molecule has 1 heterocycles. The van der Waals surface area contributed by atoms with Crippen molar-refractivity contribution in [3.05, 3.63) is 41.5 Å². The highest BCUT2D eigenvalue weighted by Gasteiger charge is 2.29. The molecule has 3 rings (SSSR count). The van der Waals surface area contributed by atoms with E-state index in [9.17, 15) is 8.42 Å². The van der Waals surface area contributed by atoms with E-state index in [1.165, 1.54) is 0 Å². The first kappa shape index (κ1) is 14.3. The Morgan fingerprint density at radius 2 is 1.90 bits per heavy atom. The fourth-order valence-corrected chi connectivity index (χ4v) is 3.30. The maximum atomic E-state index is 12.3. The molecule has 1 aliphatic rings. The molecule has 1 fully saturated rings. The molecule has 2 aromatic rings. The third-order valence-corrected chi connectivity index (χ3v) is 5.26. The standard InChI is InChI=1S/C15H18N2O3S/c1-10(2)11-5-7-13(8-6-11)21(18,19)9-14-16-15(17-20-14)12-3-4-12/h5-8,10,12H,3-4,9H2,1-2H3. The summed E-state index contributed by atoms with van der Waals surface area (Å²) in [5.41, 5.74) is 1.11. The third-order valence-electron chi connectivity index (χ3n) is 3.65. The molecule has 0 radical (unpaired) electrons. The fraction of sp³-hybridized carbons (Fsp3) is 0.467. The Morgan fingerprint density at radius 3 is 2.48 bits per heavy atom. The van der Waals surface area contributed by atoms with Crippen LogP contribution >= 0.6 is 0 Å². The molecule has 0 saturated heterocycles. The zero-order valence-electron chi connectivity index (χ0n) is 12.1. The van der Waals surface area contributed by atoms with Crippen molar-refractivity contribution >= 4 is 9.84 Å². The smallest absolute Gasteiger partial charge is 0.242 e. The molecule has 1 aromatic carbocycles. The van der Waals surface area contributed by atoms with Crippen LogP contribution in [0.1, 0.15) is 55.8 Å². The van der Waals surface area contributed by atoms with Crippen molar-refractivity contribution < 1.29 is 12.9 Å². The van der Waals surface area contributed by atoms with Gasteiger partial charge in [0, 0.05) is 5.92 Å². The summed E-state index contributed by atoms with van der Waals surface area (Å²) in [5.74, 6) is 1.29. The monoisotopic (exact) mass is 306 g/mol. The number of hydrogen-bond donors (Lipinski definition) is 0. The van der Waals surface area contributed by atoms with Crippen molar-refractivity contribution in [2.75, 3.05) is 0 Å². The molecule has 0 spiro atoms. The summed E-state index contributed by atoms with van der Waals surface area (Å²) in [6.45, 7) is 4.14. The Balaban J connectivity index is 1.78. The van der Waals surface area contributed by atoms with Gasteiger partial charge in [0.05, 0.1) is 4.90 Å². The normalized spacial score (nSPS) is 15.6. The topological polar surface area (TPSA) is 73.1 Å². The summed E-state index contributed by atoms with van der Waals surface area (Å²) >= 11 is 0. The lowest BCUT2D eigenvalue weighted by Gasteiger charge is -2.06. The maximum Gasteiger partial charge on any atom is 0.242 e. The summed E-state index contributed by atoms with van der Waals surface area (Å²) in [6.07, 6.45) is 2.12. The Labute approximate surface area is 124 Å². The summed E-state index contributed by atoms with van der Waals surface area (Å²) in [4.78, 5) is 4.46. The van der Waals surface area contributed by atoms with Gasteiger partial charge >= 0.3 is 0 Å². The largest absolute Gasteiger partial charge is 0.338 e. The average molecular weight is 306 g/mol. The molecule has 1 aliphatic carbocycles. The van der Waals surface area contributed by atoms with Crippen LogP contribution in [-0.2, 0) is 15.6 Å². The fourth-order valence-electron chi connectivity index (χ4n) is 2.14. The van der Waals surface area contributed by atoms with E-state index in [1.807, 2.05) is 12.1 Å². The van der Waals surface area contributed by atoms with E-state index in [2.05, 4.69) is 24.0 Å². The first-order chi connectivity index (χ1) is 9.95. The Morgan fingerprint density at radius 1 is 1.24 bits per heavy atom. The molecule has 0 amide bonds. The van der Waals surface area contributed by atoms with Gasteiger partial charge in [-0.2, -0.15) is 4.98 Å². The van der Waals surface area contributed by atoms with Crippen molar-refractivity contribution in [2.45, 2.75) is 49.2 Å². The Hall–Kier alpha value is -1.69. The van der Waals surface area contributed by atoms with E-state index in [4.69, 9.17) is 4.52 Å². The van der Waals surface area contributed by atoms with Crippen LogP contribution in [-0.4, -0.2) is 18.6 Å². The van der Waals surface area contributed by atoms with Gasteiger partial charge in [0.2, 0.25) is 5.89 Å². The van der Waals surface area contributed by atoms with Crippen LogP contribution in [0.2, 0.25) is 0 Å². The van der Waals surface area contributed by atoms with Crippen LogP contribution in [0.25, 0.3) is 0 Å². The van der Waals surface area contributed by atoms with Crippen molar-refractivity contribution in [1.29, 1.82) is 0 Å². The lowest BCUT2D eigenvalue weighted by atomic mass is 10.0. The van der Waals surface area contributed by atoms with Crippen LogP contribution in [0.5, 0.6) is 0 Å². The summed E-state index contributed by atoms with van der Waals surface area (Å²) in [5, 5.41) is 3.84. The van der Waals surface area contributed by atoms with Gasteiger partial charge in [-0.3, -0.25) is 0 Å². The lowest BCUT2D eigenvalue weighted by molar-refractivity contribution is 0.383. The van der Waals surface area contributed by atoms with Gasteiger partial charge in [-0.15, -0.1) is 0 Å². The van der Waals surface area contributed by atoms with Crippen molar-refractivity contribution in [3.8, 4) is 0 Å². The van der Waals surface area contributed by atoms with Gasteiger partial charge in [0.25, 0.3) is 0 Å². The van der Waals surface area contributed by atoms with Gasteiger partial charge in [-0.1, -0.05) is 31.1 Å². The number of nitrogens with zero attached hydrogens (tertiary/aromatic N) is 2. The van der Waals surface area contributed by atoms with Gasteiger partial charge in [-0.05, 0) is 36.5 Å². The zero-order valence-corrected chi connectivity index (χ0v) is 12.9. The maximum absolute atomic E-state index is 12.3. The van der Waals surface area contributed by atoms with E-state index in [1.54, 1.807) is 12.1 Å². The van der Waals surface area contributed by atoms with Crippen molar-refractivity contribution in [3.63, 3.8) is 0 Å². The second-order valence-electron chi connectivity index (χ2n) is 5.80. The minimum absolute atomic E-state index is 0.171. The molecule has 21 heavy (non-hydrogen) atoms. The predicted molar refractivity (Wildman–Crippen MR) is 77.7 cm³/mol. The van der Waals surface area contributed by atoms with Crippen LogP contribution in [0.3, 0.4) is 0 Å². The van der Waals surface area contributed by atoms with E-state index in [0.717, 1.165) is 18.4 Å². The summed E-state index contributed by atoms with van der Waals surface area (Å²) in [6, 6.07) is 6.98. The Bertz CT molecular complexity index is 729. The molecule has 0 aliphatic heterocycles. The molecule has 0 bridgehead atoms. The van der Waals surface area contributed by atoms with Gasteiger partial charge < -0.3 is 4.52 Å². The molecular weight excluding hydrogens is 288 g/mol. The third kappa shape index (κ3) is 3.15. The highest BCUT2D eigenvalue weighted by atomic mass is 32.2. The van der Waals surface area contributed by atoms with Crippen LogP contribution in [0.4, 0.5) is 0 Å². The Kier molecular flexibility index (Phi) is 3.57. The first-order valence-corrected chi connectivity index (χ1v) is 8.76. The van der Waals surface area contributed by atoms with E-state index in [0.29, 0.717) is 17.7 Å². The van der Waals surface area contributed by atoms with E-state index >= 15 is 0 Å². The van der Waals surface area contributed by atoms with E-state index in [-0.39, 0.29) is 16.5 Å². The molecular formula is C15H18N2O3S. The first-order valence-electron chi connectivity index (χ1n) is 7.11. The number of hydrogen-bond acceptors (Lipinski definition) is 5. The van der Waals surface area contributed by atoms with Crippen LogP contribution < -0.4 is 0 Å². The molecule has 0 N–H and O–H groups in total. The predicted octanol–water partition coefficient (Wildman–Crippen LogP) is 3.04. The summed E-state index contributed by atoms with van der Waals surface area (Å²) < 4.78 is 29.7. The molecule has 5 nitrogen and oxygen atoms in total. The van der Waals surface area contributed by atoms with Crippen LogP contribution in [0.15, 0.2) is 33.7 Å². The second kappa shape index (κ2) is 5.26. The van der Waals surface area contributed by atoms with E-state index < -0.39 is 9.84 Å². The second-order valence-corrected chi connectivity index (χ2v) is 7.79. The lowest BCUT2D eigenvalue weighted by Crippen LogP contribution is -2.05. The number of aromatic nitrogens is 2. The number of rotatable bonds is 5. The SMILES string of the molecule is CC(C)c1ccc(S(=O)(=O)Cc2nc(C3CC3)no2)cc1. The molecule has 1 aromatic heterocycles. The minimum atomic E-state index is -3.44. The highest BCUT2D eigenvalue weighted by Crippen LogP contribution is 2.38. The minimum Gasteiger partial charge on any atom is -0.338 e. The number of benzene rings is 1. The van der Waals surface area contributed by atoms with Crippen molar-refractivity contribution in [2.24, 2.45) is 0 Å². The van der Waals surface area contributed by atoms with Gasteiger partial charge in [0.15, 0.2) is 15.7 Å². The van der Waals surface area contributed by atoms with Crippen molar-refractivity contribution in [1.82, 2.24) is 10.1 Å². The quantitative estimate of drug-likeness (QED) is 0.849. The van der Waals surface area contributed by atoms with Gasteiger partial charge in [-0.25, -0.2) is 8.42 Å². The molecule has 6 heteroatoms. The van der Waals surface area contributed by atoms with Gasteiger partial charge in [0.1, 0.15) is 5.75 Å². The summed E-state index contributed by atoms with van der Waals surface area (Å²) in [7, 11) is -3.44. The molecule has 112 valence electrons. The average Bonchev–Trinajstić information content (AvgIpc) is 3.20. The number of sulfone groups is 1. The molecule has 0 unspecified atom stereocenters. The highest BCUT2D eigenvalue weighted by molar-refractivity contribution is 7.90. The molecule has 0 atom stereocenters. The van der Waals surface area contributed by atoms with Crippen LogP contribution in [0, 0.1) is 0 Å².